The lowest BCUT2D eigenvalue weighted by Gasteiger charge is -2.39. The van der Waals surface area contributed by atoms with Crippen LogP contribution in [0.15, 0.2) is 12.3 Å². The highest BCUT2D eigenvalue weighted by molar-refractivity contribution is 5.08. The summed E-state index contributed by atoms with van der Waals surface area (Å²) in [5.74, 6) is 0.621. The van der Waals surface area contributed by atoms with Crippen LogP contribution in [-0.4, -0.2) is 15.3 Å². The van der Waals surface area contributed by atoms with Gasteiger partial charge in [-0.3, -0.25) is 4.68 Å². The average Bonchev–Trinajstić information content (AvgIpc) is 2.92. The number of nitrogens with zero attached hydrogens (tertiary/aromatic N) is 2. The summed E-state index contributed by atoms with van der Waals surface area (Å²) in [5.41, 5.74) is 7.85. The van der Waals surface area contributed by atoms with Gasteiger partial charge in [0, 0.05) is 18.2 Å². The third kappa shape index (κ3) is 2.93. The molecule has 0 aliphatic heterocycles. The highest BCUT2D eigenvalue weighted by Gasteiger charge is 2.35. The topological polar surface area (TPSA) is 43.8 Å². The molecule has 0 spiro atoms. The third-order valence-corrected chi connectivity index (χ3v) is 5.63. The first kappa shape index (κ1) is 14.1. The van der Waals surface area contributed by atoms with Gasteiger partial charge in [-0.25, -0.2) is 0 Å². The molecule has 2 atom stereocenters. The fraction of sp³-hybridized carbons (Fsp3) is 0.824. The standard InChI is InChI=1S/C17H29N3/c1-14-7-5-6-11-17(14,18)13-15-10-12-20(19-15)16-8-3-2-4-9-16/h10,12,14,16H,2-9,11,13,18H2,1H3. The summed E-state index contributed by atoms with van der Waals surface area (Å²) < 4.78 is 2.21. The zero-order chi connectivity index (χ0) is 14.0. The normalized spacial score (nSPS) is 32.4. The van der Waals surface area contributed by atoms with Gasteiger partial charge in [-0.1, -0.05) is 39.0 Å². The average molecular weight is 275 g/mol. The van der Waals surface area contributed by atoms with Crippen molar-refractivity contribution in [2.75, 3.05) is 0 Å². The molecule has 2 aliphatic rings. The Hall–Kier alpha value is -0.830. The summed E-state index contributed by atoms with van der Waals surface area (Å²) in [4.78, 5) is 0. The van der Waals surface area contributed by atoms with E-state index in [9.17, 15) is 0 Å². The van der Waals surface area contributed by atoms with Gasteiger partial charge in [0.05, 0.1) is 11.7 Å². The van der Waals surface area contributed by atoms with Gasteiger partial charge in [-0.15, -0.1) is 0 Å². The molecule has 0 amide bonds. The van der Waals surface area contributed by atoms with Gasteiger partial charge in [0.25, 0.3) is 0 Å². The highest BCUT2D eigenvalue weighted by atomic mass is 15.3. The smallest absolute Gasteiger partial charge is 0.0643 e. The zero-order valence-corrected chi connectivity index (χ0v) is 12.9. The van der Waals surface area contributed by atoms with Gasteiger partial charge in [-0.05, 0) is 37.7 Å². The van der Waals surface area contributed by atoms with E-state index in [4.69, 9.17) is 10.8 Å². The molecule has 0 aromatic carbocycles. The van der Waals surface area contributed by atoms with Crippen LogP contribution in [0.25, 0.3) is 0 Å². The fourth-order valence-corrected chi connectivity index (χ4v) is 4.06. The van der Waals surface area contributed by atoms with E-state index in [1.54, 1.807) is 0 Å². The van der Waals surface area contributed by atoms with E-state index in [2.05, 4.69) is 23.9 Å². The molecule has 1 aromatic rings. The maximum absolute atomic E-state index is 6.67. The molecule has 112 valence electrons. The summed E-state index contributed by atoms with van der Waals surface area (Å²) in [7, 11) is 0. The molecule has 2 aliphatic carbocycles. The Morgan fingerprint density at radius 2 is 1.95 bits per heavy atom. The highest BCUT2D eigenvalue weighted by Crippen LogP contribution is 2.34. The quantitative estimate of drug-likeness (QED) is 0.911. The molecule has 20 heavy (non-hydrogen) atoms. The number of aromatic nitrogens is 2. The molecular weight excluding hydrogens is 246 g/mol. The Morgan fingerprint density at radius 3 is 2.70 bits per heavy atom. The monoisotopic (exact) mass is 275 g/mol. The first-order valence-corrected chi connectivity index (χ1v) is 8.50. The van der Waals surface area contributed by atoms with E-state index in [1.165, 1.54) is 57.1 Å². The van der Waals surface area contributed by atoms with Crippen molar-refractivity contribution >= 4 is 0 Å². The predicted octanol–water partition coefficient (Wildman–Crippen LogP) is 3.84. The predicted molar refractivity (Wildman–Crippen MR) is 82.6 cm³/mol. The Labute approximate surface area is 122 Å². The Kier molecular flexibility index (Phi) is 4.16. The van der Waals surface area contributed by atoms with E-state index in [0.717, 1.165) is 12.8 Å². The van der Waals surface area contributed by atoms with E-state index in [-0.39, 0.29) is 5.54 Å². The van der Waals surface area contributed by atoms with Crippen LogP contribution in [0.4, 0.5) is 0 Å². The van der Waals surface area contributed by atoms with Crippen LogP contribution in [0, 0.1) is 5.92 Å². The molecule has 0 saturated heterocycles. The molecule has 2 saturated carbocycles. The molecule has 1 heterocycles. The molecule has 3 nitrogen and oxygen atoms in total. The molecule has 2 fully saturated rings. The van der Waals surface area contributed by atoms with E-state index in [1.807, 2.05) is 0 Å². The van der Waals surface area contributed by atoms with Crippen LogP contribution in [0.3, 0.4) is 0 Å². The van der Waals surface area contributed by atoms with Gasteiger partial charge in [-0.2, -0.15) is 5.10 Å². The minimum atomic E-state index is -0.0238. The van der Waals surface area contributed by atoms with Crippen molar-refractivity contribution < 1.29 is 0 Å². The molecule has 2 N–H and O–H groups in total. The lowest BCUT2D eigenvalue weighted by atomic mass is 9.72. The van der Waals surface area contributed by atoms with E-state index in [0.29, 0.717) is 12.0 Å². The minimum absolute atomic E-state index is 0.0238. The Bertz CT molecular complexity index is 433. The lowest BCUT2D eigenvalue weighted by Crippen LogP contribution is -2.50. The van der Waals surface area contributed by atoms with Crippen molar-refractivity contribution in [3.63, 3.8) is 0 Å². The summed E-state index contributed by atoms with van der Waals surface area (Å²) >= 11 is 0. The third-order valence-electron chi connectivity index (χ3n) is 5.63. The van der Waals surface area contributed by atoms with Crippen LogP contribution in [0.1, 0.15) is 76.4 Å². The second-order valence-electron chi connectivity index (χ2n) is 7.14. The van der Waals surface area contributed by atoms with E-state index < -0.39 is 0 Å². The molecule has 0 radical (unpaired) electrons. The largest absolute Gasteiger partial charge is 0.325 e. The fourth-order valence-electron chi connectivity index (χ4n) is 4.06. The first-order chi connectivity index (χ1) is 9.67. The van der Waals surface area contributed by atoms with Gasteiger partial charge >= 0.3 is 0 Å². The molecule has 3 heteroatoms. The van der Waals surface area contributed by atoms with Crippen molar-refractivity contribution in [2.45, 2.75) is 82.7 Å². The number of hydrogen-bond acceptors (Lipinski definition) is 2. The number of rotatable bonds is 3. The maximum atomic E-state index is 6.67. The number of nitrogens with two attached hydrogens (primary N) is 1. The van der Waals surface area contributed by atoms with Crippen LogP contribution >= 0.6 is 0 Å². The summed E-state index contributed by atoms with van der Waals surface area (Å²) in [6.07, 6.45) is 14.9. The van der Waals surface area contributed by atoms with Crippen LogP contribution in [0.5, 0.6) is 0 Å². The second-order valence-corrected chi connectivity index (χ2v) is 7.14. The van der Waals surface area contributed by atoms with Gasteiger partial charge in [0.15, 0.2) is 0 Å². The zero-order valence-electron chi connectivity index (χ0n) is 12.9. The van der Waals surface area contributed by atoms with Crippen LogP contribution in [-0.2, 0) is 6.42 Å². The van der Waals surface area contributed by atoms with E-state index >= 15 is 0 Å². The van der Waals surface area contributed by atoms with Crippen molar-refractivity contribution in [2.24, 2.45) is 11.7 Å². The van der Waals surface area contributed by atoms with Crippen LogP contribution < -0.4 is 5.73 Å². The summed E-state index contributed by atoms with van der Waals surface area (Å²) in [5, 5.41) is 4.84. The Balaban J connectivity index is 1.67. The Morgan fingerprint density at radius 1 is 1.20 bits per heavy atom. The van der Waals surface area contributed by atoms with Crippen molar-refractivity contribution in [3.8, 4) is 0 Å². The SMILES string of the molecule is CC1CCCCC1(N)Cc1ccn(C2CCCCC2)n1. The van der Waals surface area contributed by atoms with Crippen molar-refractivity contribution in [1.82, 2.24) is 9.78 Å². The minimum Gasteiger partial charge on any atom is -0.325 e. The van der Waals surface area contributed by atoms with Gasteiger partial charge in [0.2, 0.25) is 0 Å². The molecule has 1 aromatic heterocycles. The maximum Gasteiger partial charge on any atom is 0.0643 e. The molecule has 3 rings (SSSR count). The number of hydrogen-bond donors (Lipinski definition) is 1. The summed E-state index contributed by atoms with van der Waals surface area (Å²) in [6.45, 7) is 2.32. The molecular formula is C17H29N3. The molecule has 0 bridgehead atoms. The van der Waals surface area contributed by atoms with Gasteiger partial charge in [0.1, 0.15) is 0 Å². The van der Waals surface area contributed by atoms with Crippen LogP contribution in [0.2, 0.25) is 0 Å². The lowest BCUT2D eigenvalue weighted by molar-refractivity contribution is 0.201. The van der Waals surface area contributed by atoms with Gasteiger partial charge < -0.3 is 5.73 Å². The van der Waals surface area contributed by atoms with Crippen molar-refractivity contribution in [3.05, 3.63) is 18.0 Å². The summed E-state index contributed by atoms with van der Waals surface area (Å²) in [6, 6.07) is 2.83. The first-order valence-electron chi connectivity index (χ1n) is 8.50. The second kappa shape index (κ2) is 5.88. The van der Waals surface area contributed by atoms with Crippen molar-refractivity contribution in [1.29, 1.82) is 0 Å². The molecule has 2 unspecified atom stereocenters.